The first kappa shape index (κ1) is 18.9. The van der Waals surface area contributed by atoms with Crippen LogP contribution >= 0.6 is 11.8 Å². The minimum absolute atomic E-state index is 0.0316. The van der Waals surface area contributed by atoms with E-state index in [2.05, 4.69) is 20.8 Å². The Labute approximate surface area is 147 Å². The summed E-state index contributed by atoms with van der Waals surface area (Å²) < 4.78 is 23.0. The van der Waals surface area contributed by atoms with E-state index in [0.717, 1.165) is 11.8 Å². The predicted molar refractivity (Wildman–Crippen MR) is 87.5 cm³/mol. The first-order chi connectivity index (χ1) is 12.1. The number of ether oxygens (including phenoxy) is 1. The maximum absolute atomic E-state index is 12.8. The fraction of sp³-hybridized carbons (Fsp3) is 0.333. The van der Waals surface area contributed by atoms with Crippen LogP contribution in [0, 0.1) is 5.82 Å². The van der Waals surface area contributed by atoms with Gasteiger partial charge in [-0.15, -0.1) is 10.2 Å². The zero-order chi connectivity index (χ0) is 18.1. The van der Waals surface area contributed by atoms with Gasteiger partial charge in [0.15, 0.2) is 0 Å². The van der Waals surface area contributed by atoms with Crippen LogP contribution in [0.5, 0.6) is 0 Å². The third-order valence-corrected chi connectivity index (χ3v) is 3.73. The molecule has 0 saturated carbocycles. The Bertz CT molecular complexity index is 708. The zero-order valence-corrected chi connectivity index (χ0v) is 14.3. The molecule has 8 nitrogen and oxygen atoms in total. The largest absolute Gasteiger partial charge is 0.414 e. The normalized spacial score (nSPS) is 10.5. The van der Waals surface area contributed by atoms with Gasteiger partial charge in [0, 0.05) is 19.2 Å². The Morgan fingerprint density at radius 1 is 1.24 bits per heavy atom. The van der Waals surface area contributed by atoms with Gasteiger partial charge in [0.1, 0.15) is 5.82 Å². The molecule has 0 spiro atoms. The maximum atomic E-state index is 12.8. The van der Waals surface area contributed by atoms with Gasteiger partial charge in [-0.1, -0.05) is 11.8 Å². The second kappa shape index (κ2) is 9.74. The number of nitrogens with one attached hydrogen (secondary N) is 2. The standard InChI is InChI=1S/C15H17FN4O4S/c1-23-7-6-17-12(21)9-25-15-20-19-13(24-15)8-18-14(22)10-2-4-11(16)5-3-10/h2-5H,6-9H2,1H3,(H,17,21)(H,18,22). The van der Waals surface area contributed by atoms with Gasteiger partial charge >= 0.3 is 0 Å². The van der Waals surface area contributed by atoms with E-state index in [-0.39, 0.29) is 35.2 Å². The number of nitrogens with zero attached hydrogens (tertiary/aromatic N) is 2. The third kappa shape index (κ3) is 6.51. The topological polar surface area (TPSA) is 106 Å². The molecule has 0 saturated heterocycles. The number of benzene rings is 1. The van der Waals surface area contributed by atoms with Crippen molar-refractivity contribution in [3.8, 4) is 0 Å². The Kier molecular flexibility index (Phi) is 7.36. The summed E-state index contributed by atoms with van der Waals surface area (Å²) in [6, 6.07) is 5.16. The minimum Gasteiger partial charge on any atom is -0.414 e. The van der Waals surface area contributed by atoms with E-state index in [1.807, 2.05) is 0 Å². The highest BCUT2D eigenvalue weighted by atomic mass is 32.2. The molecule has 0 aliphatic rings. The summed E-state index contributed by atoms with van der Waals surface area (Å²) in [7, 11) is 1.55. The van der Waals surface area contributed by atoms with Gasteiger partial charge in [-0.3, -0.25) is 9.59 Å². The second-order valence-electron chi connectivity index (χ2n) is 4.78. The average Bonchev–Trinajstić information content (AvgIpc) is 3.07. The van der Waals surface area contributed by atoms with E-state index >= 15 is 0 Å². The smallest absolute Gasteiger partial charge is 0.277 e. The van der Waals surface area contributed by atoms with E-state index in [1.165, 1.54) is 24.3 Å². The highest BCUT2D eigenvalue weighted by Crippen LogP contribution is 2.15. The molecule has 134 valence electrons. The highest BCUT2D eigenvalue weighted by Gasteiger charge is 2.11. The van der Waals surface area contributed by atoms with E-state index in [0.29, 0.717) is 18.7 Å². The van der Waals surface area contributed by atoms with Crippen molar-refractivity contribution in [3.05, 3.63) is 41.5 Å². The highest BCUT2D eigenvalue weighted by molar-refractivity contribution is 7.99. The first-order valence-electron chi connectivity index (χ1n) is 7.33. The van der Waals surface area contributed by atoms with Gasteiger partial charge in [0.05, 0.1) is 18.9 Å². The Balaban J connectivity index is 1.74. The van der Waals surface area contributed by atoms with Crippen LogP contribution in [0.2, 0.25) is 0 Å². The lowest BCUT2D eigenvalue weighted by molar-refractivity contribution is -0.118. The lowest BCUT2D eigenvalue weighted by atomic mass is 10.2. The molecule has 0 radical (unpaired) electrons. The van der Waals surface area contributed by atoms with Gasteiger partial charge < -0.3 is 19.8 Å². The fourth-order valence-electron chi connectivity index (χ4n) is 1.70. The van der Waals surface area contributed by atoms with Crippen molar-refractivity contribution in [1.29, 1.82) is 0 Å². The molecule has 1 aromatic carbocycles. The molecule has 0 bridgehead atoms. The molecule has 0 fully saturated rings. The Morgan fingerprint density at radius 2 is 2.00 bits per heavy atom. The van der Waals surface area contributed by atoms with Crippen LogP contribution in [0.1, 0.15) is 16.2 Å². The van der Waals surface area contributed by atoms with Crippen molar-refractivity contribution in [1.82, 2.24) is 20.8 Å². The van der Waals surface area contributed by atoms with Crippen LogP contribution in [0.3, 0.4) is 0 Å². The van der Waals surface area contributed by atoms with Gasteiger partial charge in [0.25, 0.3) is 11.1 Å². The summed E-state index contributed by atoms with van der Waals surface area (Å²) in [5.41, 5.74) is 0.322. The van der Waals surface area contributed by atoms with E-state index in [1.54, 1.807) is 7.11 Å². The number of hydrogen-bond donors (Lipinski definition) is 2. The average molecular weight is 368 g/mol. The van der Waals surface area contributed by atoms with Crippen molar-refractivity contribution in [2.45, 2.75) is 11.8 Å². The number of amides is 2. The molecule has 0 aliphatic heterocycles. The van der Waals surface area contributed by atoms with Crippen molar-refractivity contribution in [2.24, 2.45) is 0 Å². The molecule has 25 heavy (non-hydrogen) atoms. The van der Waals surface area contributed by atoms with Crippen LogP contribution in [-0.4, -0.2) is 48.0 Å². The van der Waals surface area contributed by atoms with Crippen molar-refractivity contribution in [2.75, 3.05) is 26.0 Å². The van der Waals surface area contributed by atoms with Gasteiger partial charge in [-0.25, -0.2) is 4.39 Å². The summed E-state index contributed by atoms with van der Waals surface area (Å²) in [6.07, 6.45) is 0. The van der Waals surface area contributed by atoms with Crippen LogP contribution in [0.25, 0.3) is 0 Å². The van der Waals surface area contributed by atoms with Crippen molar-refractivity contribution < 1.29 is 23.1 Å². The molecule has 2 N–H and O–H groups in total. The zero-order valence-electron chi connectivity index (χ0n) is 13.5. The van der Waals surface area contributed by atoms with Crippen molar-refractivity contribution in [3.63, 3.8) is 0 Å². The number of carbonyl (C=O) groups excluding carboxylic acids is 2. The number of carbonyl (C=O) groups is 2. The van der Waals surface area contributed by atoms with Crippen LogP contribution < -0.4 is 10.6 Å². The molecule has 1 heterocycles. The quantitative estimate of drug-likeness (QED) is 0.502. The van der Waals surface area contributed by atoms with Crippen LogP contribution in [-0.2, 0) is 16.1 Å². The fourth-order valence-corrected chi connectivity index (χ4v) is 2.31. The number of thioether (sulfide) groups is 1. The molecule has 0 aliphatic carbocycles. The lowest BCUT2D eigenvalue weighted by Crippen LogP contribution is -2.28. The second-order valence-corrected chi connectivity index (χ2v) is 5.71. The summed E-state index contributed by atoms with van der Waals surface area (Å²) in [5.74, 6) is -0.636. The van der Waals surface area contributed by atoms with Gasteiger partial charge in [-0.2, -0.15) is 0 Å². The minimum atomic E-state index is -0.415. The molecule has 0 unspecified atom stereocenters. The monoisotopic (exact) mass is 368 g/mol. The SMILES string of the molecule is COCCNC(=O)CSc1nnc(CNC(=O)c2ccc(F)cc2)o1. The summed E-state index contributed by atoms with van der Waals surface area (Å²) in [5, 5.41) is 13.1. The van der Waals surface area contributed by atoms with Gasteiger partial charge in [0.2, 0.25) is 11.8 Å². The number of halogens is 1. The molecule has 2 rings (SSSR count). The Hall–Kier alpha value is -2.46. The van der Waals surface area contributed by atoms with Gasteiger partial charge in [-0.05, 0) is 24.3 Å². The first-order valence-corrected chi connectivity index (χ1v) is 8.31. The van der Waals surface area contributed by atoms with E-state index in [9.17, 15) is 14.0 Å². The van der Waals surface area contributed by atoms with Crippen LogP contribution in [0.15, 0.2) is 33.9 Å². The van der Waals surface area contributed by atoms with E-state index in [4.69, 9.17) is 9.15 Å². The molecular formula is C15H17FN4O4S. The molecule has 2 aromatic rings. The number of methoxy groups -OCH3 is 1. The molecule has 2 amide bonds. The predicted octanol–water partition coefficient (Wildman–Crippen LogP) is 0.993. The summed E-state index contributed by atoms with van der Waals surface area (Å²) in [6.45, 7) is 0.902. The molecule has 10 heteroatoms. The van der Waals surface area contributed by atoms with Crippen LogP contribution in [0.4, 0.5) is 4.39 Å². The summed E-state index contributed by atoms with van der Waals surface area (Å²) >= 11 is 1.09. The third-order valence-electron chi connectivity index (χ3n) is 2.91. The van der Waals surface area contributed by atoms with Crippen molar-refractivity contribution >= 4 is 23.6 Å². The molecular weight excluding hydrogens is 351 g/mol. The van der Waals surface area contributed by atoms with E-state index < -0.39 is 5.82 Å². The maximum Gasteiger partial charge on any atom is 0.277 e. The molecule has 1 aromatic heterocycles. The summed E-state index contributed by atoms with van der Waals surface area (Å²) in [4.78, 5) is 23.4. The number of hydrogen-bond acceptors (Lipinski definition) is 7. The molecule has 0 atom stereocenters. The number of rotatable bonds is 9. The lowest BCUT2D eigenvalue weighted by Gasteiger charge is -2.02. The number of aromatic nitrogens is 2. The Morgan fingerprint density at radius 3 is 2.72 bits per heavy atom.